The lowest BCUT2D eigenvalue weighted by Crippen LogP contribution is -2.41. The summed E-state index contributed by atoms with van der Waals surface area (Å²) < 4.78 is 18.0. The number of rotatable bonds is 5. The Morgan fingerprint density at radius 2 is 2.17 bits per heavy atom. The number of aliphatic hydroxyl groups excluding tert-OH is 1. The summed E-state index contributed by atoms with van der Waals surface area (Å²) in [4.78, 5) is 11.9. The first-order valence-electron chi connectivity index (χ1n) is 5.74. The number of hydrogen-bond donors (Lipinski definition) is 2. The molecule has 5 heteroatoms. The highest BCUT2D eigenvalue weighted by atomic mass is 19.1. The first kappa shape index (κ1) is 14.4. The second kappa shape index (κ2) is 6.35. The van der Waals surface area contributed by atoms with Crippen LogP contribution in [0.25, 0.3) is 0 Å². The van der Waals surface area contributed by atoms with Crippen molar-refractivity contribution in [3.8, 4) is 5.75 Å². The summed E-state index contributed by atoms with van der Waals surface area (Å²) in [6, 6.07) is 3.56. The SMILES string of the molecule is COc1cc(C(=O)N[C@H](CO)C(C)C)ccc1F. The van der Waals surface area contributed by atoms with E-state index in [1.807, 2.05) is 13.8 Å². The van der Waals surface area contributed by atoms with E-state index in [-0.39, 0.29) is 30.2 Å². The normalized spacial score (nSPS) is 12.3. The van der Waals surface area contributed by atoms with Crippen LogP contribution >= 0.6 is 0 Å². The number of ether oxygens (including phenoxy) is 1. The average molecular weight is 255 g/mol. The molecule has 0 radical (unpaired) electrons. The van der Waals surface area contributed by atoms with Crippen LogP contribution in [0.3, 0.4) is 0 Å². The van der Waals surface area contributed by atoms with Gasteiger partial charge in [-0.15, -0.1) is 0 Å². The highest BCUT2D eigenvalue weighted by Crippen LogP contribution is 2.18. The van der Waals surface area contributed by atoms with Gasteiger partial charge in [-0.05, 0) is 24.1 Å². The van der Waals surface area contributed by atoms with Crippen LogP contribution < -0.4 is 10.1 Å². The van der Waals surface area contributed by atoms with E-state index >= 15 is 0 Å². The lowest BCUT2D eigenvalue weighted by atomic mass is 10.0. The fourth-order valence-corrected chi connectivity index (χ4v) is 1.48. The Hall–Kier alpha value is -1.62. The van der Waals surface area contributed by atoms with Gasteiger partial charge in [-0.2, -0.15) is 0 Å². The Morgan fingerprint density at radius 1 is 1.50 bits per heavy atom. The van der Waals surface area contributed by atoms with Gasteiger partial charge in [0.1, 0.15) is 0 Å². The molecule has 1 aromatic carbocycles. The summed E-state index contributed by atoms with van der Waals surface area (Å²) in [5.41, 5.74) is 0.298. The van der Waals surface area contributed by atoms with Crippen LogP contribution in [0.15, 0.2) is 18.2 Å². The van der Waals surface area contributed by atoms with Gasteiger partial charge in [-0.25, -0.2) is 4.39 Å². The van der Waals surface area contributed by atoms with E-state index in [9.17, 15) is 9.18 Å². The molecule has 0 aliphatic rings. The Bertz CT molecular complexity index is 421. The molecule has 0 aliphatic carbocycles. The summed E-state index contributed by atoms with van der Waals surface area (Å²) in [5, 5.41) is 11.8. The number of amides is 1. The van der Waals surface area contributed by atoms with Crippen molar-refractivity contribution in [2.24, 2.45) is 5.92 Å². The molecule has 0 fully saturated rings. The highest BCUT2D eigenvalue weighted by molar-refractivity contribution is 5.94. The van der Waals surface area contributed by atoms with Crippen LogP contribution in [-0.2, 0) is 0 Å². The van der Waals surface area contributed by atoms with Crippen LogP contribution in [0, 0.1) is 11.7 Å². The van der Waals surface area contributed by atoms with Crippen molar-refractivity contribution in [1.29, 1.82) is 0 Å². The minimum absolute atomic E-state index is 0.0211. The minimum atomic E-state index is -0.517. The van der Waals surface area contributed by atoms with Crippen LogP contribution in [0.2, 0.25) is 0 Å². The quantitative estimate of drug-likeness (QED) is 0.840. The molecule has 1 atom stereocenters. The second-order valence-electron chi connectivity index (χ2n) is 4.36. The molecule has 0 aromatic heterocycles. The number of methoxy groups -OCH3 is 1. The third-order valence-corrected chi connectivity index (χ3v) is 2.73. The Balaban J connectivity index is 2.84. The van der Waals surface area contributed by atoms with Crippen LogP contribution in [0.1, 0.15) is 24.2 Å². The molecule has 0 aliphatic heterocycles. The van der Waals surface area contributed by atoms with Gasteiger partial charge in [-0.3, -0.25) is 4.79 Å². The largest absolute Gasteiger partial charge is 0.494 e. The van der Waals surface area contributed by atoms with E-state index in [0.717, 1.165) is 0 Å². The monoisotopic (exact) mass is 255 g/mol. The molecule has 4 nitrogen and oxygen atoms in total. The van der Waals surface area contributed by atoms with Crippen LogP contribution in [-0.4, -0.2) is 30.8 Å². The first-order chi connectivity index (χ1) is 8.49. The maximum absolute atomic E-state index is 13.2. The van der Waals surface area contributed by atoms with E-state index in [1.165, 1.54) is 25.3 Å². The fourth-order valence-electron chi connectivity index (χ4n) is 1.48. The molecule has 1 amide bonds. The first-order valence-corrected chi connectivity index (χ1v) is 5.74. The van der Waals surface area contributed by atoms with Crippen molar-refractivity contribution in [3.05, 3.63) is 29.6 Å². The molecule has 0 saturated carbocycles. The lowest BCUT2D eigenvalue weighted by Gasteiger charge is -2.20. The van der Waals surface area contributed by atoms with Gasteiger partial charge in [0.05, 0.1) is 19.8 Å². The summed E-state index contributed by atoms with van der Waals surface area (Å²) in [6.45, 7) is 3.65. The zero-order valence-electron chi connectivity index (χ0n) is 10.7. The molecule has 0 unspecified atom stereocenters. The maximum Gasteiger partial charge on any atom is 0.251 e. The number of halogens is 1. The molecule has 100 valence electrons. The molecule has 1 aromatic rings. The van der Waals surface area contributed by atoms with E-state index in [0.29, 0.717) is 5.56 Å². The molecular weight excluding hydrogens is 237 g/mol. The predicted molar refractivity (Wildman–Crippen MR) is 66.1 cm³/mol. The summed E-state index contributed by atoms with van der Waals surface area (Å²) in [6.07, 6.45) is 0. The van der Waals surface area contributed by atoms with Gasteiger partial charge in [0, 0.05) is 5.56 Å². The zero-order chi connectivity index (χ0) is 13.7. The fraction of sp³-hybridized carbons (Fsp3) is 0.462. The van der Waals surface area contributed by atoms with Crippen LogP contribution in [0.5, 0.6) is 5.75 Å². The number of carbonyl (C=O) groups excluding carboxylic acids is 1. The van der Waals surface area contributed by atoms with Crippen molar-refractivity contribution < 1.29 is 19.0 Å². The number of nitrogens with one attached hydrogen (secondary N) is 1. The third kappa shape index (κ3) is 3.43. The Kier molecular flexibility index (Phi) is 5.09. The van der Waals surface area contributed by atoms with Crippen molar-refractivity contribution in [1.82, 2.24) is 5.32 Å². The zero-order valence-corrected chi connectivity index (χ0v) is 10.7. The maximum atomic E-state index is 13.2. The number of benzene rings is 1. The Labute approximate surface area is 106 Å². The van der Waals surface area contributed by atoms with E-state index in [4.69, 9.17) is 9.84 Å². The Morgan fingerprint density at radius 3 is 2.67 bits per heavy atom. The predicted octanol–water partition coefficient (Wildman–Crippen LogP) is 1.58. The second-order valence-corrected chi connectivity index (χ2v) is 4.36. The smallest absolute Gasteiger partial charge is 0.251 e. The van der Waals surface area contributed by atoms with Crippen molar-refractivity contribution in [3.63, 3.8) is 0 Å². The van der Waals surface area contributed by atoms with E-state index in [1.54, 1.807) is 0 Å². The molecule has 1 rings (SSSR count). The van der Waals surface area contributed by atoms with Crippen molar-refractivity contribution >= 4 is 5.91 Å². The highest BCUT2D eigenvalue weighted by Gasteiger charge is 2.17. The number of carbonyl (C=O) groups is 1. The van der Waals surface area contributed by atoms with Gasteiger partial charge >= 0.3 is 0 Å². The van der Waals surface area contributed by atoms with Gasteiger partial charge in [-0.1, -0.05) is 13.8 Å². The van der Waals surface area contributed by atoms with Crippen molar-refractivity contribution in [2.45, 2.75) is 19.9 Å². The third-order valence-electron chi connectivity index (χ3n) is 2.73. The van der Waals surface area contributed by atoms with Crippen LogP contribution in [0.4, 0.5) is 4.39 Å². The van der Waals surface area contributed by atoms with Gasteiger partial charge in [0.2, 0.25) is 0 Å². The standard InChI is InChI=1S/C13H18FNO3/c1-8(2)11(7-16)15-13(17)9-4-5-10(14)12(6-9)18-3/h4-6,8,11,16H,7H2,1-3H3,(H,15,17)/t11-/m1/s1. The topological polar surface area (TPSA) is 58.6 Å². The van der Waals surface area contributed by atoms with E-state index < -0.39 is 5.82 Å². The number of aliphatic hydroxyl groups is 1. The molecule has 2 N–H and O–H groups in total. The molecule has 0 spiro atoms. The molecular formula is C13H18FNO3. The summed E-state index contributed by atoms with van der Waals surface area (Å²) in [7, 11) is 1.34. The summed E-state index contributed by atoms with van der Waals surface area (Å²) >= 11 is 0. The van der Waals surface area contributed by atoms with Gasteiger partial charge in [0.15, 0.2) is 11.6 Å². The lowest BCUT2D eigenvalue weighted by molar-refractivity contribution is 0.0896. The summed E-state index contributed by atoms with van der Waals surface area (Å²) in [5.74, 6) is -0.744. The molecule has 0 bridgehead atoms. The van der Waals surface area contributed by atoms with E-state index in [2.05, 4.69) is 5.32 Å². The van der Waals surface area contributed by atoms with Gasteiger partial charge in [0.25, 0.3) is 5.91 Å². The minimum Gasteiger partial charge on any atom is -0.494 e. The number of hydrogen-bond acceptors (Lipinski definition) is 3. The van der Waals surface area contributed by atoms with Gasteiger partial charge < -0.3 is 15.2 Å². The molecule has 0 saturated heterocycles. The van der Waals surface area contributed by atoms with Crippen molar-refractivity contribution in [2.75, 3.05) is 13.7 Å². The average Bonchev–Trinajstić information content (AvgIpc) is 2.35. The molecule has 18 heavy (non-hydrogen) atoms. The molecule has 0 heterocycles.